The van der Waals surface area contributed by atoms with Crippen LogP contribution in [-0.2, 0) is 35.2 Å². The second-order valence-corrected chi connectivity index (χ2v) is 8.92. The van der Waals surface area contributed by atoms with Gasteiger partial charge in [0.1, 0.15) is 18.1 Å². The van der Waals surface area contributed by atoms with Gasteiger partial charge in [-0.15, -0.1) is 0 Å². The minimum Gasteiger partial charge on any atom is -0.481 e. The Balaban J connectivity index is 0.00000354. The molecule has 12 N–H and O–H groups in total. The number of carboxylic acid groups (broad SMARTS) is 1. The van der Waals surface area contributed by atoms with Crippen molar-refractivity contribution in [3.8, 4) is 0 Å². The molecule has 0 aromatic carbocycles. The molecule has 1 aromatic heterocycles. The standard InChI is InChI=1S/C22H39N9O5.C2H4O2/c1-14(32)29-17(7-3-5-9-24)21(35)27-12-19(33)30-18(10-15-11-26-13-28-15)22(36)31-16(20(25)34)6-2-4-8-23;1-2(3)4/h11,13,16-18H,2-10,12,23-24H2,1H3,(H2,25,34)(H,26,28)(H,27,35)(H,29,32)(H,30,33)(H,31,36);1H3,(H,3,4)/t16-,17-,18-;/m0./s1. The van der Waals surface area contributed by atoms with Crippen LogP contribution < -0.4 is 38.5 Å². The number of carbonyl (C=O) groups excluding carboxylic acids is 5. The van der Waals surface area contributed by atoms with Crippen LogP contribution in [0.5, 0.6) is 0 Å². The molecule has 0 aliphatic carbocycles. The van der Waals surface area contributed by atoms with E-state index < -0.39 is 54.3 Å². The Bertz CT molecular complexity index is 937. The van der Waals surface area contributed by atoms with Crippen LogP contribution >= 0.6 is 0 Å². The number of aliphatic carboxylic acids is 1. The van der Waals surface area contributed by atoms with E-state index in [0.29, 0.717) is 57.3 Å². The number of amides is 5. The van der Waals surface area contributed by atoms with E-state index in [4.69, 9.17) is 27.1 Å². The fourth-order valence-electron chi connectivity index (χ4n) is 3.42. The molecular weight excluding hydrogens is 526 g/mol. The monoisotopic (exact) mass is 569 g/mol. The lowest BCUT2D eigenvalue weighted by Crippen LogP contribution is -2.55. The van der Waals surface area contributed by atoms with Gasteiger partial charge >= 0.3 is 0 Å². The van der Waals surface area contributed by atoms with Crippen LogP contribution in [0, 0.1) is 0 Å². The molecule has 0 aliphatic rings. The number of aromatic amines is 1. The minimum absolute atomic E-state index is 0.0629. The van der Waals surface area contributed by atoms with E-state index in [0.717, 1.165) is 6.92 Å². The van der Waals surface area contributed by atoms with Crippen molar-refractivity contribution in [3.05, 3.63) is 18.2 Å². The molecule has 226 valence electrons. The van der Waals surface area contributed by atoms with Gasteiger partial charge in [0.05, 0.1) is 12.9 Å². The Morgan fingerprint density at radius 2 is 1.45 bits per heavy atom. The van der Waals surface area contributed by atoms with E-state index in [1.54, 1.807) is 0 Å². The van der Waals surface area contributed by atoms with Crippen LogP contribution in [0.15, 0.2) is 12.5 Å². The molecule has 1 aromatic rings. The van der Waals surface area contributed by atoms with Gasteiger partial charge in [-0.3, -0.25) is 28.8 Å². The number of H-pyrrole nitrogens is 1. The third kappa shape index (κ3) is 17.5. The van der Waals surface area contributed by atoms with Crippen LogP contribution in [0.4, 0.5) is 0 Å². The molecule has 1 heterocycles. The third-order valence-electron chi connectivity index (χ3n) is 5.30. The Morgan fingerprint density at radius 1 is 0.875 bits per heavy atom. The fourth-order valence-corrected chi connectivity index (χ4v) is 3.42. The van der Waals surface area contributed by atoms with E-state index in [1.165, 1.54) is 19.4 Å². The first-order valence-electron chi connectivity index (χ1n) is 12.9. The molecule has 0 bridgehead atoms. The van der Waals surface area contributed by atoms with Crippen LogP contribution in [0.2, 0.25) is 0 Å². The van der Waals surface area contributed by atoms with Gasteiger partial charge in [0, 0.05) is 32.2 Å². The number of hydrogen-bond donors (Lipinski definition) is 9. The highest BCUT2D eigenvalue weighted by atomic mass is 16.4. The number of rotatable bonds is 18. The van der Waals surface area contributed by atoms with E-state index in [2.05, 4.69) is 31.2 Å². The van der Waals surface area contributed by atoms with Gasteiger partial charge in [0.15, 0.2) is 0 Å². The average molecular weight is 570 g/mol. The van der Waals surface area contributed by atoms with Gasteiger partial charge in [-0.2, -0.15) is 0 Å². The van der Waals surface area contributed by atoms with Crippen molar-refractivity contribution >= 4 is 35.5 Å². The van der Waals surface area contributed by atoms with Crippen molar-refractivity contribution in [3.63, 3.8) is 0 Å². The van der Waals surface area contributed by atoms with Gasteiger partial charge in [-0.05, 0) is 51.6 Å². The highest BCUT2D eigenvalue weighted by Crippen LogP contribution is 2.04. The lowest BCUT2D eigenvalue weighted by molar-refractivity contribution is -0.134. The zero-order valence-corrected chi connectivity index (χ0v) is 23.0. The lowest BCUT2D eigenvalue weighted by atomic mass is 10.1. The molecule has 0 aliphatic heterocycles. The molecule has 16 nitrogen and oxygen atoms in total. The zero-order chi connectivity index (χ0) is 30.5. The second kappa shape index (κ2) is 20.9. The molecule has 1 rings (SSSR count). The van der Waals surface area contributed by atoms with Crippen molar-refractivity contribution in [2.45, 2.75) is 76.9 Å². The number of nitrogens with one attached hydrogen (secondary N) is 5. The minimum atomic E-state index is -1.07. The number of hydrogen-bond acceptors (Lipinski definition) is 9. The molecule has 3 atom stereocenters. The van der Waals surface area contributed by atoms with Crippen LogP contribution in [0.1, 0.15) is 58.1 Å². The molecule has 0 fully saturated rings. The fraction of sp³-hybridized carbons (Fsp3) is 0.625. The Kier molecular flexibility index (Phi) is 18.7. The van der Waals surface area contributed by atoms with Crippen molar-refractivity contribution in [2.24, 2.45) is 17.2 Å². The second-order valence-electron chi connectivity index (χ2n) is 8.92. The number of nitrogens with two attached hydrogens (primary N) is 3. The number of carboxylic acids is 1. The van der Waals surface area contributed by atoms with Crippen LogP contribution in [-0.4, -0.2) is 88.3 Å². The van der Waals surface area contributed by atoms with Crippen LogP contribution in [0.3, 0.4) is 0 Å². The SMILES string of the molecule is CC(=O)N[C@@H](CCCCN)C(=O)NCC(=O)N[C@@H](Cc1cnc[nH]1)C(=O)N[C@@H](CCCCN)C(N)=O.CC(=O)O. The summed E-state index contributed by atoms with van der Waals surface area (Å²) in [5.41, 5.74) is 16.9. The summed E-state index contributed by atoms with van der Waals surface area (Å²) in [6.45, 7) is 2.86. The van der Waals surface area contributed by atoms with Gasteiger partial charge < -0.3 is 48.6 Å². The van der Waals surface area contributed by atoms with Gasteiger partial charge in [-0.25, -0.2) is 4.98 Å². The number of primary amides is 1. The summed E-state index contributed by atoms with van der Waals surface area (Å²) in [6, 6.07) is -2.80. The number of carbonyl (C=O) groups is 6. The molecule has 0 unspecified atom stereocenters. The Labute approximate surface area is 233 Å². The smallest absolute Gasteiger partial charge is 0.300 e. The topological polar surface area (TPSA) is 278 Å². The Hall–Kier alpha value is -4.05. The average Bonchev–Trinajstić information content (AvgIpc) is 3.38. The van der Waals surface area contributed by atoms with Gasteiger partial charge in [-0.1, -0.05) is 0 Å². The zero-order valence-electron chi connectivity index (χ0n) is 23.0. The van der Waals surface area contributed by atoms with Crippen molar-refractivity contribution in [2.75, 3.05) is 19.6 Å². The number of nitrogens with zero attached hydrogens (tertiary/aromatic N) is 1. The summed E-state index contributed by atoms with van der Waals surface area (Å²) in [5, 5.41) is 17.6. The quantitative estimate of drug-likeness (QED) is 0.0829. The molecule has 5 amide bonds. The number of imidazole rings is 1. The molecular formula is C24H43N9O7. The van der Waals surface area contributed by atoms with Crippen LogP contribution in [0.25, 0.3) is 0 Å². The summed E-state index contributed by atoms with van der Waals surface area (Å²) in [4.78, 5) is 77.0. The van der Waals surface area contributed by atoms with Gasteiger partial charge in [0.2, 0.25) is 29.5 Å². The predicted molar refractivity (Wildman–Crippen MR) is 145 cm³/mol. The molecule has 0 saturated heterocycles. The summed E-state index contributed by atoms with van der Waals surface area (Å²) in [7, 11) is 0. The maximum absolute atomic E-state index is 12.9. The summed E-state index contributed by atoms with van der Waals surface area (Å²) in [5.74, 6) is -3.68. The summed E-state index contributed by atoms with van der Waals surface area (Å²) < 4.78 is 0. The maximum atomic E-state index is 12.9. The number of aromatic nitrogens is 2. The third-order valence-corrected chi connectivity index (χ3v) is 5.30. The Morgan fingerprint density at radius 3 is 1.93 bits per heavy atom. The van der Waals surface area contributed by atoms with E-state index in [1.807, 2.05) is 0 Å². The lowest BCUT2D eigenvalue weighted by Gasteiger charge is -2.22. The van der Waals surface area contributed by atoms with E-state index in [-0.39, 0.29) is 12.3 Å². The first kappa shape index (κ1) is 35.9. The largest absolute Gasteiger partial charge is 0.481 e. The highest BCUT2D eigenvalue weighted by molar-refractivity contribution is 5.94. The predicted octanol–water partition coefficient (Wildman–Crippen LogP) is -2.62. The molecule has 0 saturated carbocycles. The summed E-state index contributed by atoms with van der Waals surface area (Å²) in [6.07, 6.45) is 6.24. The molecule has 0 radical (unpaired) electrons. The van der Waals surface area contributed by atoms with Gasteiger partial charge in [0.25, 0.3) is 5.97 Å². The van der Waals surface area contributed by atoms with E-state index in [9.17, 15) is 24.0 Å². The normalized spacial score (nSPS) is 12.5. The maximum Gasteiger partial charge on any atom is 0.300 e. The first-order valence-corrected chi connectivity index (χ1v) is 12.9. The van der Waals surface area contributed by atoms with Crippen molar-refractivity contribution < 1.29 is 33.9 Å². The molecule has 16 heteroatoms. The highest BCUT2D eigenvalue weighted by Gasteiger charge is 2.27. The first-order chi connectivity index (χ1) is 18.9. The summed E-state index contributed by atoms with van der Waals surface area (Å²) >= 11 is 0. The molecule has 40 heavy (non-hydrogen) atoms. The number of unbranched alkanes of at least 4 members (excludes halogenated alkanes) is 2. The van der Waals surface area contributed by atoms with Crippen molar-refractivity contribution in [1.82, 2.24) is 31.2 Å². The van der Waals surface area contributed by atoms with Crippen molar-refractivity contribution in [1.29, 1.82) is 0 Å². The van der Waals surface area contributed by atoms with E-state index >= 15 is 0 Å². The molecule has 0 spiro atoms.